The van der Waals surface area contributed by atoms with Gasteiger partial charge < -0.3 is 14.6 Å². The van der Waals surface area contributed by atoms with Crippen molar-refractivity contribution in [2.24, 2.45) is 0 Å². The molecule has 0 bridgehead atoms. The maximum absolute atomic E-state index is 14.1. The predicted octanol–water partition coefficient (Wildman–Crippen LogP) is 3.52. The topological polar surface area (TPSA) is 80.2 Å². The summed E-state index contributed by atoms with van der Waals surface area (Å²) in [5, 5.41) is 5.89. The van der Waals surface area contributed by atoms with E-state index in [1.165, 1.54) is 6.07 Å². The van der Waals surface area contributed by atoms with E-state index in [0.29, 0.717) is 41.8 Å². The van der Waals surface area contributed by atoms with Gasteiger partial charge in [0.25, 0.3) is 11.5 Å². The molecule has 0 unspecified atom stereocenters. The van der Waals surface area contributed by atoms with Gasteiger partial charge in [-0.15, -0.1) is 0 Å². The minimum atomic E-state index is -0.288. The van der Waals surface area contributed by atoms with Gasteiger partial charge in [0.1, 0.15) is 5.82 Å². The van der Waals surface area contributed by atoms with Crippen molar-refractivity contribution in [2.75, 3.05) is 13.2 Å². The summed E-state index contributed by atoms with van der Waals surface area (Å²) >= 11 is 0. The van der Waals surface area contributed by atoms with Gasteiger partial charge >= 0.3 is 0 Å². The Kier molecular flexibility index (Phi) is 4.36. The van der Waals surface area contributed by atoms with Crippen LogP contribution in [0.4, 0.5) is 4.39 Å². The summed E-state index contributed by atoms with van der Waals surface area (Å²) in [5.41, 5.74) is 2.99. The average Bonchev–Trinajstić information content (AvgIpc) is 3.45. The third kappa shape index (κ3) is 2.94. The van der Waals surface area contributed by atoms with E-state index >= 15 is 0 Å². The molecule has 2 aromatic carbocycles. The quantitative estimate of drug-likeness (QED) is 0.526. The van der Waals surface area contributed by atoms with Crippen molar-refractivity contribution in [3.63, 3.8) is 0 Å². The first-order valence-electron chi connectivity index (χ1n) is 10.8. The normalized spacial score (nSPS) is 16.7. The number of nitrogens with one attached hydrogen (secondary N) is 1. The van der Waals surface area contributed by atoms with Gasteiger partial charge in [0.2, 0.25) is 0 Å². The Morgan fingerprint density at radius 2 is 1.97 bits per heavy atom. The van der Waals surface area contributed by atoms with E-state index in [1.807, 2.05) is 16.8 Å². The number of benzene rings is 2. The third-order valence-corrected chi connectivity index (χ3v) is 6.56. The van der Waals surface area contributed by atoms with Gasteiger partial charge in [-0.05, 0) is 42.7 Å². The number of aromatic nitrogens is 3. The molecule has 1 N–H and O–H groups in total. The van der Waals surface area contributed by atoms with Crippen molar-refractivity contribution in [1.29, 1.82) is 0 Å². The molecular formula is C24H21FN4O3. The molecule has 4 heterocycles. The van der Waals surface area contributed by atoms with Crippen LogP contribution in [0.1, 0.15) is 40.4 Å². The zero-order valence-corrected chi connectivity index (χ0v) is 17.3. The van der Waals surface area contributed by atoms with Crippen LogP contribution in [-0.4, -0.2) is 38.8 Å². The molecule has 2 aromatic heterocycles. The van der Waals surface area contributed by atoms with Crippen molar-refractivity contribution in [3.05, 3.63) is 75.5 Å². The van der Waals surface area contributed by atoms with Crippen LogP contribution >= 0.6 is 0 Å². The second kappa shape index (κ2) is 7.27. The van der Waals surface area contributed by atoms with E-state index in [-0.39, 0.29) is 29.9 Å². The lowest BCUT2D eigenvalue weighted by Gasteiger charge is -2.23. The van der Waals surface area contributed by atoms with Crippen molar-refractivity contribution in [1.82, 2.24) is 19.7 Å². The number of amides is 1. The molecule has 0 atom stereocenters. The van der Waals surface area contributed by atoms with Gasteiger partial charge in [0.15, 0.2) is 0 Å². The van der Waals surface area contributed by atoms with E-state index in [0.717, 1.165) is 29.3 Å². The molecule has 32 heavy (non-hydrogen) atoms. The number of hydrogen-bond acceptors (Lipinski definition) is 4. The standard InChI is InChI=1S/C24H21FN4O3/c25-20-3-1-2-15-12-28(13-19(15)20)24(31)14-4-5-17-21(10-14)27-23(30)18-11-26-29(22(17)18)16-6-8-32-9-7-16/h1-5,10-11,16H,6-9,12-13H2,(H,27,30). The summed E-state index contributed by atoms with van der Waals surface area (Å²) in [6.07, 6.45) is 3.29. The minimum Gasteiger partial charge on any atom is -0.381 e. The summed E-state index contributed by atoms with van der Waals surface area (Å²) in [4.78, 5) is 30.4. The van der Waals surface area contributed by atoms with E-state index in [9.17, 15) is 14.0 Å². The minimum absolute atomic E-state index is 0.172. The number of nitrogens with zero attached hydrogens (tertiary/aromatic N) is 3. The summed E-state index contributed by atoms with van der Waals surface area (Å²) in [6, 6.07) is 10.4. The van der Waals surface area contributed by atoms with E-state index in [1.54, 1.807) is 29.3 Å². The van der Waals surface area contributed by atoms with Crippen LogP contribution in [0.2, 0.25) is 0 Å². The second-order valence-corrected chi connectivity index (χ2v) is 8.45. The molecule has 0 radical (unpaired) electrons. The van der Waals surface area contributed by atoms with Crippen molar-refractivity contribution in [2.45, 2.75) is 32.0 Å². The number of pyridine rings is 1. The highest BCUT2D eigenvalue weighted by Crippen LogP contribution is 2.30. The van der Waals surface area contributed by atoms with Gasteiger partial charge in [-0.1, -0.05) is 12.1 Å². The maximum atomic E-state index is 14.1. The smallest absolute Gasteiger partial charge is 0.259 e. The van der Waals surface area contributed by atoms with Gasteiger partial charge in [0.05, 0.1) is 28.7 Å². The largest absolute Gasteiger partial charge is 0.381 e. The van der Waals surface area contributed by atoms with Gasteiger partial charge in [-0.25, -0.2) is 4.39 Å². The van der Waals surface area contributed by atoms with Crippen molar-refractivity contribution >= 4 is 27.7 Å². The van der Waals surface area contributed by atoms with Crippen LogP contribution in [0, 0.1) is 5.82 Å². The molecule has 2 aliphatic heterocycles. The Morgan fingerprint density at radius 1 is 1.12 bits per heavy atom. The van der Waals surface area contributed by atoms with Crippen LogP contribution in [0.25, 0.3) is 21.8 Å². The Morgan fingerprint density at radius 3 is 2.78 bits per heavy atom. The van der Waals surface area contributed by atoms with Crippen LogP contribution < -0.4 is 5.56 Å². The van der Waals surface area contributed by atoms with E-state index < -0.39 is 0 Å². The zero-order chi connectivity index (χ0) is 21.8. The van der Waals surface area contributed by atoms with Gasteiger partial charge in [-0.3, -0.25) is 14.3 Å². The summed E-state index contributed by atoms with van der Waals surface area (Å²) in [6.45, 7) is 1.95. The Hall–Kier alpha value is -3.52. The molecule has 6 rings (SSSR count). The first-order chi connectivity index (χ1) is 15.6. The van der Waals surface area contributed by atoms with Crippen molar-refractivity contribution < 1.29 is 13.9 Å². The monoisotopic (exact) mass is 432 g/mol. The lowest BCUT2D eigenvalue weighted by Crippen LogP contribution is -2.25. The number of rotatable bonds is 2. The number of H-pyrrole nitrogens is 1. The molecule has 162 valence electrons. The number of carbonyl (C=O) groups is 1. The summed E-state index contributed by atoms with van der Waals surface area (Å²) in [7, 11) is 0. The Labute approximate surface area is 182 Å². The fraction of sp³-hybridized carbons (Fsp3) is 0.292. The first kappa shape index (κ1) is 19.2. The highest BCUT2D eigenvalue weighted by atomic mass is 19.1. The molecule has 1 amide bonds. The Bertz CT molecular complexity index is 1430. The molecule has 1 fully saturated rings. The number of fused-ring (bicyclic) bond motifs is 4. The zero-order valence-electron chi connectivity index (χ0n) is 17.3. The van der Waals surface area contributed by atoms with Crippen molar-refractivity contribution in [3.8, 4) is 0 Å². The third-order valence-electron chi connectivity index (χ3n) is 6.56. The van der Waals surface area contributed by atoms with Crippen LogP contribution in [0.5, 0.6) is 0 Å². The van der Waals surface area contributed by atoms with E-state index in [2.05, 4.69) is 10.1 Å². The predicted molar refractivity (Wildman–Crippen MR) is 117 cm³/mol. The first-order valence-corrected chi connectivity index (χ1v) is 10.8. The second-order valence-electron chi connectivity index (χ2n) is 8.45. The van der Waals surface area contributed by atoms with Gasteiger partial charge in [-0.2, -0.15) is 5.10 Å². The molecule has 0 saturated carbocycles. The van der Waals surface area contributed by atoms with Gasteiger partial charge in [0, 0.05) is 42.8 Å². The molecule has 1 saturated heterocycles. The summed E-state index contributed by atoms with van der Waals surface area (Å²) < 4.78 is 21.5. The van der Waals surface area contributed by atoms with E-state index in [4.69, 9.17) is 4.74 Å². The lowest BCUT2D eigenvalue weighted by molar-refractivity contribution is 0.0675. The molecule has 0 aliphatic carbocycles. The lowest BCUT2D eigenvalue weighted by atomic mass is 10.1. The fourth-order valence-electron chi connectivity index (χ4n) is 4.89. The number of aromatic amines is 1. The highest BCUT2D eigenvalue weighted by Gasteiger charge is 2.27. The number of carbonyl (C=O) groups excluding carboxylic acids is 1. The van der Waals surface area contributed by atoms with Crippen LogP contribution in [0.15, 0.2) is 47.4 Å². The SMILES string of the molecule is O=C(c1ccc2c(c1)[nH]c(=O)c1cnn(C3CCOCC3)c12)N1Cc2cccc(F)c2C1. The van der Waals surface area contributed by atoms with Crippen LogP contribution in [0.3, 0.4) is 0 Å². The average molecular weight is 432 g/mol. The number of hydrogen-bond donors (Lipinski definition) is 1. The molecule has 4 aromatic rings. The molecule has 2 aliphatic rings. The number of ether oxygens (including phenoxy) is 1. The Balaban J connectivity index is 1.40. The number of halogens is 1. The molecule has 8 heteroatoms. The molecule has 7 nitrogen and oxygen atoms in total. The summed E-state index contributed by atoms with van der Waals surface area (Å²) in [5.74, 6) is -0.481. The fourth-order valence-corrected chi connectivity index (χ4v) is 4.89. The van der Waals surface area contributed by atoms with Crippen LogP contribution in [-0.2, 0) is 17.8 Å². The maximum Gasteiger partial charge on any atom is 0.259 e. The molecular weight excluding hydrogens is 411 g/mol. The highest BCUT2D eigenvalue weighted by molar-refractivity contribution is 6.06. The molecule has 0 spiro atoms.